The summed E-state index contributed by atoms with van der Waals surface area (Å²) < 4.78 is 15.1. The average Bonchev–Trinajstić information content (AvgIpc) is 3.34. The number of nitrogens with zero attached hydrogens (tertiary/aromatic N) is 4. The molecule has 0 saturated carbocycles. The van der Waals surface area contributed by atoms with Crippen LogP contribution in [0.5, 0.6) is 0 Å². The largest absolute Gasteiger partial charge is 0.336 e. The predicted molar refractivity (Wildman–Crippen MR) is 119 cm³/mol. The Balaban J connectivity index is 1.98. The summed E-state index contributed by atoms with van der Waals surface area (Å²) in [6.45, 7) is 10.6. The Morgan fingerprint density at radius 3 is 2.57 bits per heavy atom. The molecule has 1 saturated heterocycles. The van der Waals surface area contributed by atoms with Crippen molar-refractivity contribution in [2.24, 2.45) is 18.0 Å². The van der Waals surface area contributed by atoms with Gasteiger partial charge in [-0.15, -0.1) is 0 Å². The first-order valence-corrected chi connectivity index (χ1v) is 9.90. The highest BCUT2D eigenvalue weighted by Gasteiger charge is 2.34. The first-order valence-electron chi connectivity index (χ1n) is 9.90. The summed E-state index contributed by atoms with van der Waals surface area (Å²) in [4.78, 5) is 18.4. The lowest BCUT2D eigenvalue weighted by atomic mass is 9.88. The molecule has 2 aromatic rings. The van der Waals surface area contributed by atoms with E-state index in [1.54, 1.807) is 23.9 Å². The summed E-state index contributed by atoms with van der Waals surface area (Å²) in [5.74, 6) is -0.258. The van der Waals surface area contributed by atoms with Crippen molar-refractivity contribution in [1.82, 2.24) is 14.7 Å². The minimum atomic E-state index is -0.292. The van der Waals surface area contributed by atoms with E-state index < -0.39 is 0 Å². The molecule has 5 nitrogen and oxygen atoms in total. The van der Waals surface area contributed by atoms with Gasteiger partial charge in [-0.3, -0.25) is 14.5 Å². The molecule has 3 rings (SSSR count). The quantitative estimate of drug-likeness (QED) is 0.413. The van der Waals surface area contributed by atoms with E-state index in [0.29, 0.717) is 12.3 Å². The Labute approximate surface area is 176 Å². The standard InChI is InChI=1S/C24H27FN4O/c1-6-24(30)29-15-19(13-16(29)2)17(3)21(22-11-12-28(5)27-22)14-23(26-4)18-7-9-20(25)10-8-18/h6-12,14,16,19H,1,3,13,15H2,2,4-5H3/b21-14+,26-23+/t16-,19+/m0/s1. The van der Waals surface area contributed by atoms with E-state index in [4.69, 9.17) is 0 Å². The molecule has 0 unspecified atom stereocenters. The number of carbonyl (C=O) groups is 1. The summed E-state index contributed by atoms with van der Waals surface area (Å²) in [6, 6.07) is 8.28. The highest BCUT2D eigenvalue weighted by Crippen LogP contribution is 2.35. The third-order valence-electron chi connectivity index (χ3n) is 5.52. The van der Waals surface area contributed by atoms with Gasteiger partial charge in [-0.25, -0.2) is 4.39 Å². The molecule has 0 spiro atoms. The predicted octanol–water partition coefficient (Wildman–Crippen LogP) is 4.04. The SMILES string of the molecule is C=CC(=O)N1C[C@H](C(=C)/C(=C\C(=N/C)c2ccc(F)cc2)c2ccn(C)n2)C[C@@H]1C. The van der Waals surface area contributed by atoms with Crippen LogP contribution >= 0.6 is 0 Å². The van der Waals surface area contributed by atoms with Gasteiger partial charge in [0.2, 0.25) is 5.91 Å². The van der Waals surface area contributed by atoms with Crippen LogP contribution in [0.2, 0.25) is 0 Å². The zero-order chi connectivity index (χ0) is 21.8. The van der Waals surface area contributed by atoms with E-state index >= 15 is 0 Å². The van der Waals surface area contributed by atoms with Crippen molar-refractivity contribution in [1.29, 1.82) is 0 Å². The summed E-state index contributed by atoms with van der Waals surface area (Å²) in [5, 5.41) is 4.56. The van der Waals surface area contributed by atoms with Gasteiger partial charge in [-0.1, -0.05) is 13.2 Å². The third kappa shape index (κ3) is 4.48. The summed E-state index contributed by atoms with van der Waals surface area (Å²) >= 11 is 0. The van der Waals surface area contributed by atoms with Crippen LogP contribution in [0.4, 0.5) is 4.39 Å². The van der Waals surface area contributed by atoms with Crippen LogP contribution in [0.15, 0.2) is 72.4 Å². The molecule has 1 fully saturated rings. The molecule has 156 valence electrons. The van der Waals surface area contributed by atoms with Gasteiger partial charge < -0.3 is 4.90 Å². The van der Waals surface area contributed by atoms with Gasteiger partial charge in [0.15, 0.2) is 0 Å². The molecule has 6 heteroatoms. The van der Waals surface area contributed by atoms with Crippen LogP contribution in [0.1, 0.15) is 24.6 Å². The number of hydrogen-bond acceptors (Lipinski definition) is 3. The van der Waals surface area contributed by atoms with Crippen molar-refractivity contribution in [3.8, 4) is 0 Å². The molecule has 30 heavy (non-hydrogen) atoms. The second-order valence-electron chi connectivity index (χ2n) is 7.55. The molecule has 1 amide bonds. The van der Waals surface area contributed by atoms with Gasteiger partial charge in [0, 0.05) is 44.4 Å². The fourth-order valence-corrected chi connectivity index (χ4v) is 3.85. The first-order chi connectivity index (χ1) is 14.3. The van der Waals surface area contributed by atoms with Crippen molar-refractivity contribution in [3.05, 3.63) is 84.5 Å². The van der Waals surface area contributed by atoms with Gasteiger partial charge in [-0.2, -0.15) is 5.10 Å². The zero-order valence-corrected chi connectivity index (χ0v) is 17.7. The van der Waals surface area contributed by atoms with Gasteiger partial charge in [0.25, 0.3) is 0 Å². The maximum Gasteiger partial charge on any atom is 0.246 e. The molecule has 0 aliphatic carbocycles. The molecule has 1 aliphatic rings. The van der Waals surface area contributed by atoms with Crippen LogP contribution < -0.4 is 0 Å². The molecule has 1 aliphatic heterocycles. The summed E-state index contributed by atoms with van der Waals surface area (Å²) in [5.41, 5.74) is 4.07. The van der Waals surface area contributed by atoms with Crippen LogP contribution in [0.3, 0.4) is 0 Å². The summed E-state index contributed by atoms with van der Waals surface area (Å²) in [7, 11) is 3.57. The number of aromatic nitrogens is 2. The molecule has 0 radical (unpaired) electrons. The number of halogens is 1. The number of amides is 1. The van der Waals surface area contributed by atoms with Crippen molar-refractivity contribution >= 4 is 17.2 Å². The maximum atomic E-state index is 13.4. The molecule has 0 bridgehead atoms. The lowest BCUT2D eigenvalue weighted by molar-refractivity contribution is -0.126. The van der Waals surface area contributed by atoms with E-state index in [0.717, 1.165) is 28.8 Å². The van der Waals surface area contributed by atoms with Crippen molar-refractivity contribution in [2.75, 3.05) is 13.6 Å². The Morgan fingerprint density at radius 1 is 1.30 bits per heavy atom. The number of rotatable bonds is 6. The van der Waals surface area contributed by atoms with Gasteiger partial charge >= 0.3 is 0 Å². The molecule has 2 heterocycles. The highest BCUT2D eigenvalue weighted by molar-refractivity contribution is 6.13. The third-order valence-corrected chi connectivity index (χ3v) is 5.52. The first kappa shape index (κ1) is 21.4. The minimum absolute atomic E-state index is 0.0664. The van der Waals surface area contributed by atoms with E-state index in [1.807, 2.05) is 37.2 Å². The van der Waals surface area contributed by atoms with Gasteiger partial charge in [-0.05, 0) is 67.0 Å². The van der Waals surface area contributed by atoms with Crippen LogP contribution in [0, 0.1) is 11.7 Å². The number of aryl methyl sites for hydroxylation is 1. The maximum absolute atomic E-state index is 13.4. The number of aliphatic imine (C=N–C) groups is 1. The number of likely N-dealkylation sites (tertiary alicyclic amines) is 1. The second-order valence-corrected chi connectivity index (χ2v) is 7.55. The van der Waals surface area contributed by atoms with Crippen molar-refractivity contribution in [3.63, 3.8) is 0 Å². The number of allylic oxidation sites excluding steroid dienone is 2. The van der Waals surface area contributed by atoms with Crippen LogP contribution in [-0.4, -0.2) is 45.9 Å². The average molecular weight is 407 g/mol. The van der Waals surface area contributed by atoms with E-state index in [2.05, 4.69) is 23.2 Å². The second kappa shape index (κ2) is 9.03. The van der Waals surface area contributed by atoms with Gasteiger partial charge in [0.1, 0.15) is 5.82 Å². The monoisotopic (exact) mass is 406 g/mol. The van der Waals surface area contributed by atoms with E-state index in [9.17, 15) is 9.18 Å². The number of hydrogen-bond donors (Lipinski definition) is 0. The fourth-order valence-electron chi connectivity index (χ4n) is 3.85. The Kier molecular flexibility index (Phi) is 6.45. The topological polar surface area (TPSA) is 50.5 Å². The Hall–Kier alpha value is -3.28. The molecule has 1 aromatic carbocycles. The lowest BCUT2D eigenvalue weighted by Gasteiger charge is -2.20. The highest BCUT2D eigenvalue weighted by atomic mass is 19.1. The molecule has 0 N–H and O–H groups in total. The molecular formula is C24H27FN4O. The minimum Gasteiger partial charge on any atom is -0.336 e. The lowest BCUT2D eigenvalue weighted by Crippen LogP contribution is -2.32. The summed E-state index contributed by atoms with van der Waals surface area (Å²) in [6.07, 6.45) is 5.99. The number of benzene rings is 1. The normalized spacial score (nSPS) is 19.8. The van der Waals surface area contributed by atoms with Crippen molar-refractivity contribution < 1.29 is 9.18 Å². The molecule has 2 atom stereocenters. The fraction of sp³-hybridized carbons (Fsp3) is 0.292. The van der Waals surface area contributed by atoms with Crippen LogP contribution in [-0.2, 0) is 11.8 Å². The smallest absolute Gasteiger partial charge is 0.246 e. The zero-order valence-electron chi connectivity index (χ0n) is 17.7. The Bertz CT molecular complexity index is 1020. The van der Waals surface area contributed by atoms with Crippen molar-refractivity contribution in [2.45, 2.75) is 19.4 Å². The van der Waals surface area contributed by atoms with Gasteiger partial charge in [0.05, 0.1) is 11.4 Å². The molecule has 1 aromatic heterocycles. The van der Waals surface area contributed by atoms with E-state index in [1.165, 1.54) is 18.2 Å². The van der Waals surface area contributed by atoms with Crippen LogP contribution in [0.25, 0.3) is 5.57 Å². The number of carbonyl (C=O) groups excluding carboxylic acids is 1. The van der Waals surface area contributed by atoms with E-state index in [-0.39, 0.29) is 23.7 Å². The Morgan fingerprint density at radius 2 is 2.00 bits per heavy atom. The molecular weight excluding hydrogens is 379 g/mol.